The van der Waals surface area contributed by atoms with Gasteiger partial charge in [0.2, 0.25) is 0 Å². The average molecular weight is 260 g/mol. The molecule has 1 unspecified atom stereocenters. The van der Waals surface area contributed by atoms with Gasteiger partial charge in [0.15, 0.2) is 0 Å². The van der Waals surface area contributed by atoms with Gasteiger partial charge in [-0.15, -0.1) is 0 Å². The van der Waals surface area contributed by atoms with E-state index >= 15 is 0 Å². The number of methoxy groups -OCH3 is 1. The van der Waals surface area contributed by atoms with Crippen molar-refractivity contribution in [3.8, 4) is 0 Å². The van der Waals surface area contributed by atoms with Gasteiger partial charge in [-0.2, -0.15) is 0 Å². The van der Waals surface area contributed by atoms with Crippen LogP contribution in [0.2, 0.25) is 5.02 Å². The fourth-order valence-electron chi connectivity index (χ4n) is 1.59. The smallest absolute Gasteiger partial charge is 0.142 e. The predicted molar refractivity (Wildman–Crippen MR) is 68.9 cm³/mol. The summed E-state index contributed by atoms with van der Waals surface area (Å²) in [4.78, 5) is 0. The number of unbranched alkanes of at least 4 members (excludes halogenated alkanes) is 1. The van der Waals surface area contributed by atoms with Gasteiger partial charge in [-0.05, 0) is 44.0 Å². The second-order valence-corrected chi connectivity index (χ2v) is 4.46. The number of benzene rings is 1. The highest BCUT2D eigenvalue weighted by molar-refractivity contribution is 6.30. The summed E-state index contributed by atoms with van der Waals surface area (Å²) in [6.07, 6.45) is 2.08. The van der Waals surface area contributed by atoms with Crippen LogP contribution >= 0.6 is 11.6 Å². The zero-order chi connectivity index (χ0) is 12.7. The Morgan fingerprint density at radius 3 is 2.82 bits per heavy atom. The largest absolute Gasteiger partial charge is 0.385 e. The molecule has 1 aromatic rings. The van der Waals surface area contributed by atoms with Gasteiger partial charge in [0, 0.05) is 19.8 Å². The molecule has 0 aliphatic carbocycles. The van der Waals surface area contributed by atoms with E-state index < -0.39 is 0 Å². The van der Waals surface area contributed by atoms with E-state index in [0.717, 1.165) is 31.6 Å². The molecular weight excluding hydrogens is 241 g/mol. The number of rotatable bonds is 7. The summed E-state index contributed by atoms with van der Waals surface area (Å²) in [5, 5.41) is 3.51. The summed E-state index contributed by atoms with van der Waals surface area (Å²) in [7, 11) is 1.70. The lowest BCUT2D eigenvalue weighted by atomic mass is 10.1. The molecule has 1 rings (SSSR count). The Labute approximate surface area is 107 Å². The lowest BCUT2D eigenvalue weighted by molar-refractivity contribution is 0.192. The van der Waals surface area contributed by atoms with Gasteiger partial charge in [-0.3, -0.25) is 0 Å². The lowest BCUT2D eigenvalue weighted by Gasteiger charge is -2.14. The molecule has 1 aromatic carbocycles. The maximum atomic E-state index is 13.3. The minimum Gasteiger partial charge on any atom is -0.385 e. The number of nitrogens with one attached hydrogen (secondary N) is 1. The summed E-state index contributed by atoms with van der Waals surface area (Å²) in [6.45, 7) is 3.69. The number of ether oxygens (including phenoxy) is 1. The molecule has 0 bridgehead atoms. The average Bonchev–Trinajstić information content (AvgIpc) is 2.32. The van der Waals surface area contributed by atoms with Gasteiger partial charge in [0.1, 0.15) is 5.82 Å². The minimum atomic E-state index is -0.364. The number of halogens is 2. The molecule has 96 valence electrons. The molecule has 0 heterocycles. The predicted octanol–water partition coefficient (Wildman–Crippen LogP) is 3.56. The van der Waals surface area contributed by atoms with Gasteiger partial charge in [-0.25, -0.2) is 4.39 Å². The van der Waals surface area contributed by atoms with Crippen LogP contribution in [0.25, 0.3) is 0 Å². The summed E-state index contributed by atoms with van der Waals surface area (Å²) in [5.74, 6) is -0.364. The van der Waals surface area contributed by atoms with Crippen LogP contribution in [-0.2, 0) is 4.74 Å². The molecule has 0 saturated heterocycles. The molecule has 0 spiro atoms. The quantitative estimate of drug-likeness (QED) is 0.756. The van der Waals surface area contributed by atoms with Crippen LogP contribution in [0.15, 0.2) is 18.2 Å². The molecule has 1 N–H and O–H groups in total. The molecule has 4 heteroatoms. The van der Waals surface area contributed by atoms with Crippen molar-refractivity contribution in [3.05, 3.63) is 34.6 Å². The first-order valence-electron chi connectivity index (χ1n) is 5.82. The van der Waals surface area contributed by atoms with Crippen LogP contribution in [0.1, 0.15) is 31.4 Å². The standard InChI is InChI=1S/C13H19ClFNO/c1-10(16-7-3-4-8-17-2)11-5-6-12(14)13(15)9-11/h5-6,9-10,16H,3-4,7-8H2,1-2H3. The van der Waals surface area contributed by atoms with E-state index in [-0.39, 0.29) is 16.9 Å². The zero-order valence-electron chi connectivity index (χ0n) is 10.3. The van der Waals surface area contributed by atoms with Crippen molar-refractivity contribution in [2.45, 2.75) is 25.8 Å². The van der Waals surface area contributed by atoms with Crippen molar-refractivity contribution in [1.29, 1.82) is 0 Å². The van der Waals surface area contributed by atoms with Crippen LogP contribution in [-0.4, -0.2) is 20.3 Å². The Kier molecular flexibility index (Phi) is 6.48. The van der Waals surface area contributed by atoms with Gasteiger partial charge >= 0.3 is 0 Å². The molecule has 0 amide bonds. The second-order valence-electron chi connectivity index (χ2n) is 4.05. The normalized spacial score (nSPS) is 12.7. The highest BCUT2D eigenvalue weighted by Crippen LogP contribution is 2.19. The van der Waals surface area contributed by atoms with Crippen LogP contribution in [0.5, 0.6) is 0 Å². The Bertz CT molecular complexity index is 346. The molecule has 0 saturated carbocycles. The van der Waals surface area contributed by atoms with Crippen molar-refractivity contribution in [2.75, 3.05) is 20.3 Å². The Balaban J connectivity index is 2.36. The van der Waals surface area contributed by atoms with Crippen molar-refractivity contribution in [2.24, 2.45) is 0 Å². The van der Waals surface area contributed by atoms with E-state index in [0.29, 0.717) is 0 Å². The topological polar surface area (TPSA) is 21.3 Å². The van der Waals surface area contributed by atoms with Crippen molar-refractivity contribution in [3.63, 3.8) is 0 Å². The Hall–Kier alpha value is -0.640. The first kappa shape index (κ1) is 14.4. The molecule has 0 fully saturated rings. The highest BCUT2D eigenvalue weighted by atomic mass is 35.5. The van der Waals surface area contributed by atoms with Crippen molar-refractivity contribution < 1.29 is 9.13 Å². The fraction of sp³-hybridized carbons (Fsp3) is 0.538. The SMILES string of the molecule is COCCCCNC(C)c1ccc(Cl)c(F)c1. The summed E-state index contributed by atoms with van der Waals surface area (Å²) < 4.78 is 18.2. The van der Waals surface area contributed by atoms with Gasteiger partial charge in [-0.1, -0.05) is 17.7 Å². The minimum absolute atomic E-state index is 0.129. The van der Waals surface area contributed by atoms with Crippen LogP contribution < -0.4 is 5.32 Å². The van der Waals surface area contributed by atoms with E-state index in [1.165, 1.54) is 6.07 Å². The van der Waals surface area contributed by atoms with Crippen molar-refractivity contribution in [1.82, 2.24) is 5.32 Å². The maximum Gasteiger partial charge on any atom is 0.142 e. The second kappa shape index (κ2) is 7.64. The Morgan fingerprint density at radius 1 is 1.41 bits per heavy atom. The van der Waals surface area contributed by atoms with E-state index in [1.54, 1.807) is 13.2 Å². The molecule has 17 heavy (non-hydrogen) atoms. The first-order chi connectivity index (χ1) is 8.15. The van der Waals surface area contributed by atoms with Gasteiger partial charge < -0.3 is 10.1 Å². The van der Waals surface area contributed by atoms with E-state index in [4.69, 9.17) is 16.3 Å². The van der Waals surface area contributed by atoms with Gasteiger partial charge in [0.05, 0.1) is 5.02 Å². The first-order valence-corrected chi connectivity index (χ1v) is 6.20. The third-order valence-corrected chi connectivity index (χ3v) is 2.98. The van der Waals surface area contributed by atoms with E-state index in [1.807, 2.05) is 13.0 Å². The molecule has 0 radical (unpaired) electrons. The number of hydrogen-bond acceptors (Lipinski definition) is 2. The third-order valence-electron chi connectivity index (χ3n) is 2.67. The zero-order valence-corrected chi connectivity index (χ0v) is 11.1. The monoisotopic (exact) mass is 259 g/mol. The van der Waals surface area contributed by atoms with Crippen LogP contribution in [0, 0.1) is 5.82 Å². The lowest BCUT2D eigenvalue weighted by Crippen LogP contribution is -2.20. The van der Waals surface area contributed by atoms with Gasteiger partial charge in [0.25, 0.3) is 0 Å². The number of hydrogen-bond donors (Lipinski definition) is 1. The molecule has 0 aromatic heterocycles. The molecule has 0 aliphatic heterocycles. The molecule has 1 atom stereocenters. The highest BCUT2D eigenvalue weighted by Gasteiger charge is 2.07. The summed E-state index contributed by atoms with van der Waals surface area (Å²) in [6, 6.07) is 5.05. The fourth-order valence-corrected chi connectivity index (χ4v) is 1.71. The molecule has 2 nitrogen and oxygen atoms in total. The van der Waals surface area contributed by atoms with Crippen LogP contribution in [0.4, 0.5) is 4.39 Å². The molecule has 0 aliphatic rings. The summed E-state index contributed by atoms with van der Waals surface area (Å²) >= 11 is 5.64. The Morgan fingerprint density at radius 2 is 2.18 bits per heavy atom. The van der Waals surface area contributed by atoms with Crippen molar-refractivity contribution >= 4 is 11.6 Å². The van der Waals surface area contributed by atoms with E-state index in [2.05, 4.69) is 5.32 Å². The molecular formula is C13H19ClFNO. The third kappa shape index (κ3) is 5.02. The van der Waals surface area contributed by atoms with Crippen LogP contribution in [0.3, 0.4) is 0 Å². The van der Waals surface area contributed by atoms with E-state index in [9.17, 15) is 4.39 Å². The summed E-state index contributed by atoms with van der Waals surface area (Å²) in [5.41, 5.74) is 0.915. The maximum absolute atomic E-state index is 13.3.